The van der Waals surface area contributed by atoms with Gasteiger partial charge in [-0.05, 0) is 42.8 Å². The first kappa shape index (κ1) is 13.7. The van der Waals surface area contributed by atoms with Gasteiger partial charge < -0.3 is 21.5 Å². The summed E-state index contributed by atoms with van der Waals surface area (Å²) in [6, 6.07) is 11.9. The number of benzene rings is 2. The van der Waals surface area contributed by atoms with Crippen molar-refractivity contribution in [3.63, 3.8) is 0 Å². The molecule has 5 heteroatoms. The molecule has 0 aliphatic heterocycles. The van der Waals surface area contributed by atoms with Crippen molar-refractivity contribution in [1.29, 1.82) is 0 Å². The molecule has 0 radical (unpaired) electrons. The minimum Gasteiger partial charge on any atom is -0.508 e. The molecule has 5 nitrogen and oxygen atoms in total. The fourth-order valence-corrected chi connectivity index (χ4v) is 1.82. The summed E-state index contributed by atoms with van der Waals surface area (Å²) in [5, 5.41) is 15.0. The van der Waals surface area contributed by atoms with E-state index < -0.39 is 0 Å². The van der Waals surface area contributed by atoms with Gasteiger partial charge in [-0.1, -0.05) is 12.1 Å². The molecule has 5 N–H and O–H groups in total. The largest absolute Gasteiger partial charge is 0.508 e. The molecule has 0 saturated heterocycles. The smallest absolute Gasteiger partial charge is 0.319 e. The number of nitrogens with two attached hydrogens (primary N) is 1. The Kier molecular flexibility index (Phi) is 4.10. The number of hydrogen-bond donors (Lipinski definition) is 4. The summed E-state index contributed by atoms with van der Waals surface area (Å²) in [5.74, 6) is 0.107. The zero-order valence-electron chi connectivity index (χ0n) is 11.2. The molecule has 2 aromatic carbocycles. The number of carbonyl (C=O) groups is 1. The van der Waals surface area contributed by atoms with Crippen LogP contribution in [0.4, 0.5) is 16.2 Å². The second-order valence-corrected chi connectivity index (χ2v) is 4.57. The lowest BCUT2D eigenvalue weighted by molar-refractivity contribution is 0.251. The number of nitrogens with one attached hydrogen (secondary N) is 2. The Labute approximate surface area is 117 Å². The molecular weight excluding hydrogens is 254 g/mol. The number of anilines is 2. The van der Waals surface area contributed by atoms with Gasteiger partial charge in [0, 0.05) is 23.5 Å². The summed E-state index contributed by atoms with van der Waals surface area (Å²) in [6.45, 7) is 2.16. The van der Waals surface area contributed by atoms with Gasteiger partial charge in [0.15, 0.2) is 0 Å². The SMILES string of the molecule is Cc1cccc(NC(=O)NCc2cc(N)ccc2O)c1. The number of nitrogen functional groups attached to an aromatic ring is 1. The molecule has 0 aliphatic carbocycles. The predicted octanol–water partition coefficient (Wildman–Crippen LogP) is 2.60. The first-order chi connectivity index (χ1) is 9.54. The van der Waals surface area contributed by atoms with Crippen LogP contribution in [0.25, 0.3) is 0 Å². The summed E-state index contributed by atoms with van der Waals surface area (Å²) >= 11 is 0. The topological polar surface area (TPSA) is 87.4 Å². The van der Waals surface area contributed by atoms with Crippen molar-refractivity contribution in [1.82, 2.24) is 5.32 Å². The molecule has 0 fully saturated rings. The van der Waals surface area contributed by atoms with Gasteiger partial charge in [-0.15, -0.1) is 0 Å². The third-order valence-electron chi connectivity index (χ3n) is 2.82. The van der Waals surface area contributed by atoms with Crippen molar-refractivity contribution < 1.29 is 9.90 Å². The van der Waals surface area contributed by atoms with Gasteiger partial charge in [0.1, 0.15) is 5.75 Å². The fourth-order valence-electron chi connectivity index (χ4n) is 1.82. The fraction of sp³-hybridized carbons (Fsp3) is 0.133. The number of hydrogen-bond acceptors (Lipinski definition) is 3. The second-order valence-electron chi connectivity index (χ2n) is 4.57. The van der Waals surface area contributed by atoms with Gasteiger partial charge in [-0.2, -0.15) is 0 Å². The average molecular weight is 271 g/mol. The molecule has 0 bridgehead atoms. The molecule has 20 heavy (non-hydrogen) atoms. The van der Waals surface area contributed by atoms with E-state index in [0.717, 1.165) is 11.3 Å². The molecule has 0 unspecified atom stereocenters. The molecule has 2 amide bonds. The normalized spacial score (nSPS) is 10.1. The Balaban J connectivity index is 1.94. The quantitative estimate of drug-likeness (QED) is 0.511. The first-order valence-electron chi connectivity index (χ1n) is 6.23. The van der Waals surface area contributed by atoms with E-state index in [2.05, 4.69) is 10.6 Å². The van der Waals surface area contributed by atoms with Crippen molar-refractivity contribution >= 4 is 17.4 Å². The third-order valence-corrected chi connectivity index (χ3v) is 2.82. The van der Waals surface area contributed by atoms with Crippen molar-refractivity contribution in [2.75, 3.05) is 11.1 Å². The molecule has 0 aliphatic rings. The zero-order chi connectivity index (χ0) is 14.5. The van der Waals surface area contributed by atoms with Crippen LogP contribution in [0.3, 0.4) is 0 Å². The lowest BCUT2D eigenvalue weighted by Gasteiger charge is -2.09. The highest BCUT2D eigenvalue weighted by atomic mass is 16.3. The lowest BCUT2D eigenvalue weighted by Crippen LogP contribution is -2.28. The van der Waals surface area contributed by atoms with Crippen LogP contribution in [0.15, 0.2) is 42.5 Å². The molecule has 0 spiro atoms. The highest BCUT2D eigenvalue weighted by Crippen LogP contribution is 2.19. The van der Waals surface area contributed by atoms with Crippen LogP contribution < -0.4 is 16.4 Å². The van der Waals surface area contributed by atoms with Crippen molar-refractivity contribution in [3.8, 4) is 5.75 Å². The minimum atomic E-state index is -0.336. The maximum atomic E-state index is 11.8. The average Bonchev–Trinajstić information content (AvgIpc) is 2.40. The number of carbonyl (C=O) groups excluding carboxylic acids is 1. The van der Waals surface area contributed by atoms with E-state index in [1.165, 1.54) is 6.07 Å². The van der Waals surface area contributed by atoms with Gasteiger partial charge >= 0.3 is 6.03 Å². The molecule has 0 atom stereocenters. The van der Waals surface area contributed by atoms with Gasteiger partial charge in [0.2, 0.25) is 0 Å². The number of phenolic OH excluding ortho intramolecular Hbond substituents is 1. The van der Waals surface area contributed by atoms with Gasteiger partial charge in [0.05, 0.1) is 0 Å². The Morgan fingerprint density at radius 3 is 2.80 bits per heavy atom. The van der Waals surface area contributed by atoms with E-state index in [1.54, 1.807) is 12.1 Å². The Bertz CT molecular complexity index is 626. The van der Waals surface area contributed by atoms with Crippen molar-refractivity contribution in [3.05, 3.63) is 53.6 Å². The molecule has 104 valence electrons. The molecule has 0 heterocycles. The monoisotopic (exact) mass is 271 g/mol. The summed E-state index contributed by atoms with van der Waals surface area (Å²) in [7, 11) is 0. The molecule has 0 aromatic heterocycles. The van der Waals surface area contributed by atoms with Crippen molar-refractivity contribution in [2.24, 2.45) is 0 Å². The number of urea groups is 1. The van der Waals surface area contributed by atoms with Gasteiger partial charge in [0.25, 0.3) is 0 Å². The highest BCUT2D eigenvalue weighted by Gasteiger charge is 2.05. The summed E-state index contributed by atoms with van der Waals surface area (Å²) in [5.41, 5.74) is 8.54. The summed E-state index contributed by atoms with van der Waals surface area (Å²) < 4.78 is 0. The van der Waals surface area contributed by atoms with Crippen LogP contribution in [0.1, 0.15) is 11.1 Å². The molecular formula is C15H17N3O2. The number of amides is 2. The van der Waals surface area contributed by atoms with E-state index >= 15 is 0 Å². The lowest BCUT2D eigenvalue weighted by atomic mass is 10.2. The number of phenols is 1. The Hall–Kier alpha value is -2.69. The minimum absolute atomic E-state index is 0.107. The molecule has 2 aromatic rings. The first-order valence-corrected chi connectivity index (χ1v) is 6.23. The molecule has 2 rings (SSSR count). The Morgan fingerprint density at radius 1 is 1.25 bits per heavy atom. The Morgan fingerprint density at radius 2 is 2.05 bits per heavy atom. The van der Waals surface area contributed by atoms with Crippen LogP contribution in [-0.4, -0.2) is 11.1 Å². The van der Waals surface area contributed by atoms with Gasteiger partial charge in [-0.25, -0.2) is 4.79 Å². The van der Waals surface area contributed by atoms with Crippen LogP contribution >= 0.6 is 0 Å². The maximum absolute atomic E-state index is 11.8. The van der Waals surface area contributed by atoms with E-state index in [4.69, 9.17) is 5.73 Å². The van der Waals surface area contributed by atoms with Crippen LogP contribution in [0.5, 0.6) is 5.75 Å². The van der Waals surface area contributed by atoms with Crippen LogP contribution in [0, 0.1) is 6.92 Å². The van der Waals surface area contributed by atoms with Crippen LogP contribution in [-0.2, 0) is 6.54 Å². The maximum Gasteiger partial charge on any atom is 0.319 e. The predicted molar refractivity (Wildman–Crippen MR) is 79.6 cm³/mol. The summed E-state index contributed by atoms with van der Waals surface area (Å²) in [6.07, 6.45) is 0. The van der Waals surface area contributed by atoms with E-state index in [0.29, 0.717) is 11.3 Å². The van der Waals surface area contributed by atoms with Gasteiger partial charge in [-0.3, -0.25) is 0 Å². The van der Waals surface area contributed by atoms with E-state index in [-0.39, 0.29) is 18.3 Å². The van der Waals surface area contributed by atoms with E-state index in [1.807, 2.05) is 31.2 Å². The zero-order valence-corrected chi connectivity index (χ0v) is 11.2. The standard InChI is InChI=1S/C15H17N3O2/c1-10-3-2-4-13(7-10)18-15(20)17-9-11-8-12(16)5-6-14(11)19/h2-8,19H,9,16H2,1H3,(H2,17,18,20). The number of aromatic hydroxyl groups is 1. The van der Waals surface area contributed by atoms with Crippen LogP contribution in [0.2, 0.25) is 0 Å². The highest BCUT2D eigenvalue weighted by molar-refractivity contribution is 5.89. The summed E-state index contributed by atoms with van der Waals surface area (Å²) in [4.78, 5) is 11.8. The number of rotatable bonds is 3. The molecule has 0 saturated carbocycles. The second kappa shape index (κ2) is 5.97. The van der Waals surface area contributed by atoms with E-state index in [9.17, 15) is 9.90 Å². The van der Waals surface area contributed by atoms with Crippen molar-refractivity contribution in [2.45, 2.75) is 13.5 Å². The third kappa shape index (κ3) is 3.65. The number of aryl methyl sites for hydroxylation is 1.